The van der Waals surface area contributed by atoms with E-state index in [1.165, 1.54) is 0 Å². The third kappa shape index (κ3) is 4.39. The molecule has 1 aromatic rings. The van der Waals surface area contributed by atoms with Crippen LogP contribution in [0.4, 0.5) is 0 Å². The largest absolute Gasteiger partial charge is 0.465 e. The van der Waals surface area contributed by atoms with Gasteiger partial charge in [-0.15, -0.1) is 0 Å². The molecule has 2 N–H and O–H groups in total. The highest BCUT2D eigenvalue weighted by atomic mass is 16.5. The Morgan fingerprint density at radius 1 is 1.29 bits per heavy atom. The topological polar surface area (TPSA) is 62.0 Å². The molecular weight excluding hydrogens is 304 g/mol. The van der Waals surface area contributed by atoms with Crippen LogP contribution < -0.4 is 10.6 Å². The molecule has 2 aliphatic rings. The van der Waals surface area contributed by atoms with E-state index in [2.05, 4.69) is 38.7 Å². The summed E-state index contributed by atoms with van der Waals surface area (Å²) in [6.07, 6.45) is 6.55. The minimum absolute atomic E-state index is 0.183. The fraction of sp³-hybridized carbons (Fsp3) is 0.611. The first-order valence-corrected chi connectivity index (χ1v) is 8.76. The van der Waals surface area contributed by atoms with Crippen LogP contribution in [0.25, 0.3) is 0 Å². The fourth-order valence-corrected chi connectivity index (χ4v) is 3.25. The molecule has 24 heavy (non-hydrogen) atoms. The van der Waals surface area contributed by atoms with E-state index in [0.29, 0.717) is 6.04 Å². The molecule has 0 aromatic carbocycles. The number of hydrogen-bond donors (Lipinski definition) is 2. The Hall–Kier alpha value is -1.79. The molecular formula is C18H28N4O2. The summed E-state index contributed by atoms with van der Waals surface area (Å²) in [5.74, 6) is 2.80. The highest BCUT2D eigenvalue weighted by Crippen LogP contribution is 2.23. The number of nitrogens with zero attached hydrogens (tertiary/aromatic N) is 2. The Balaban J connectivity index is 1.62. The second kappa shape index (κ2) is 8.35. The van der Waals surface area contributed by atoms with Gasteiger partial charge in [0, 0.05) is 32.7 Å². The van der Waals surface area contributed by atoms with E-state index in [9.17, 15) is 0 Å². The average Bonchev–Trinajstić information content (AvgIpc) is 3.27. The van der Waals surface area contributed by atoms with Crippen LogP contribution in [-0.4, -0.2) is 56.8 Å². The van der Waals surface area contributed by atoms with Crippen molar-refractivity contribution in [1.29, 1.82) is 0 Å². The Labute approximate surface area is 144 Å². The van der Waals surface area contributed by atoms with Gasteiger partial charge in [0.25, 0.3) is 0 Å². The maximum absolute atomic E-state index is 5.91. The number of hydrogen-bond acceptors (Lipinski definition) is 4. The van der Waals surface area contributed by atoms with Crippen molar-refractivity contribution in [2.45, 2.75) is 31.8 Å². The first-order chi connectivity index (χ1) is 11.8. The van der Waals surface area contributed by atoms with Crippen LogP contribution in [0.3, 0.4) is 0 Å². The maximum atomic E-state index is 5.91. The van der Waals surface area contributed by atoms with E-state index in [4.69, 9.17) is 9.15 Å². The summed E-state index contributed by atoms with van der Waals surface area (Å²) in [6.45, 7) is 6.14. The predicted molar refractivity (Wildman–Crippen MR) is 95.2 cm³/mol. The third-order valence-corrected chi connectivity index (χ3v) is 4.61. The maximum Gasteiger partial charge on any atom is 0.191 e. The lowest BCUT2D eigenvalue weighted by Gasteiger charge is -2.33. The molecule has 1 aliphatic heterocycles. The molecule has 0 radical (unpaired) electrons. The molecule has 0 bridgehead atoms. The molecule has 1 atom stereocenters. The summed E-state index contributed by atoms with van der Waals surface area (Å²) in [4.78, 5) is 6.78. The Bertz CT molecular complexity index is 567. The lowest BCUT2D eigenvalue weighted by molar-refractivity contribution is 0.0124. The summed E-state index contributed by atoms with van der Waals surface area (Å²) in [5.41, 5.74) is 0. The molecule has 6 heteroatoms. The van der Waals surface area contributed by atoms with Gasteiger partial charge in [-0.05, 0) is 31.9 Å². The van der Waals surface area contributed by atoms with Crippen molar-refractivity contribution in [2.24, 2.45) is 4.99 Å². The molecule has 0 amide bonds. The van der Waals surface area contributed by atoms with E-state index < -0.39 is 0 Å². The monoisotopic (exact) mass is 332 g/mol. The van der Waals surface area contributed by atoms with Gasteiger partial charge in [-0.1, -0.05) is 12.2 Å². The average molecular weight is 332 g/mol. The number of aliphatic imine (C=N–C) groups is 1. The van der Waals surface area contributed by atoms with E-state index in [0.717, 1.165) is 63.2 Å². The Morgan fingerprint density at radius 2 is 2.04 bits per heavy atom. The lowest BCUT2D eigenvalue weighted by Crippen LogP contribution is -2.48. The number of aryl methyl sites for hydroxylation is 1. The molecule has 132 valence electrons. The Kier molecular flexibility index (Phi) is 5.93. The van der Waals surface area contributed by atoms with Crippen LogP contribution in [-0.2, 0) is 4.74 Å². The van der Waals surface area contributed by atoms with Crippen LogP contribution in [0, 0.1) is 6.92 Å². The van der Waals surface area contributed by atoms with Crippen molar-refractivity contribution in [2.75, 3.05) is 39.9 Å². The molecule has 1 fully saturated rings. The minimum Gasteiger partial charge on any atom is -0.465 e. The molecule has 1 unspecified atom stereocenters. The van der Waals surface area contributed by atoms with Crippen molar-refractivity contribution in [3.05, 3.63) is 35.8 Å². The van der Waals surface area contributed by atoms with Crippen LogP contribution in [0.15, 0.2) is 33.7 Å². The zero-order chi connectivity index (χ0) is 16.8. The first-order valence-electron chi connectivity index (χ1n) is 8.76. The van der Waals surface area contributed by atoms with Crippen molar-refractivity contribution >= 4 is 5.96 Å². The lowest BCUT2D eigenvalue weighted by atomic mass is 10.1. The van der Waals surface area contributed by atoms with Gasteiger partial charge in [-0.2, -0.15) is 0 Å². The highest BCUT2D eigenvalue weighted by molar-refractivity contribution is 5.80. The zero-order valence-corrected chi connectivity index (χ0v) is 14.6. The zero-order valence-electron chi connectivity index (χ0n) is 14.6. The minimum atomic E-state index is 0.183. The fourth-order valence-electron chi connectivity index (χ4n) is 3.25. The number of nitrogens with one attached hydrogen (secondary N) is 2. The molecule has 1 saturated heterocycles. The summed E-state index contributed by atoms with van der Waals surface area (Å²) >= 11 is 0. The van der Waals surface area contributed by atoms with Gasteiger partial charge in [0.05, 0.1) is 19.3 Å². The van der Waals surface area contributed by atoms with E-state index in [1.54, 1.807) is 0 Å². The van der Waals surface area contributed by atoms with Gasteiger partial charge in [0.15, 0.2) is 5.96 Å². The highest BCUT2D eigenvalue weighted by Gasteiger charge is 2.25. The summed E-state index contributed by atoms with van der Waals surface area (Å²) < 4.78 is 11.4. The van der Waals surface area contributed by atoms with Gasteiger partial charge >= 0.3 is 0 Å². The van der Waals surface area contributed by atoms with E-state index >= 15 is 0 Å². The molecule has 1 aromatic heterocycles. The standard InChI is InChI=1S/C18H28N4O2/c1-14-7-8-17(24-14)16(22-9-11-23-12-10-22)13-20-18(19-2)21-15-5-3-4-6-15/h3-4,7-8,15-16H,5-6,9-13H2,1-2H3,(H2,19,20,21). The van der Waals surface area contributed by atoms with Crippen LogP contribution in [0.5, 0.6) is 0 Å². The van der Waals surface area contributed by atoms with E-state index in [1.807, 2.05) is 20.0 Å². The Morgan fingerprint density at radius 3 is 2.67 bits per heavy atom. The summed E-state index contributed by atoms with van der Waals surface area (Å²) in [7, 11) is 1.82. The number of ether oxygens (including phenoxy) is 1. The number of guanidine groups is 1. The molecule has 6 nitrogen and oxygen atoms in total. The van der Waals surface area contributed by atoms with Crippen molar-refractivity contribution in [1.82, 2.24) is 15.5 Å². The van der Waals surface area contributed by atoms with Crippen molar-refractivity contribution < 1.29 is 9.15 Å². The second-order valence-electron chi connectivity index (χ2n) is 6.35. The number of morpholine rings is 1. The van der Waals surface area contributed by atoms with Crippen LogP contribution >= 0.6 is 0 Å². The quantitative estimate of drug-likeness (QED) is 0.489. The molecule has 0 saturated carbocycles. The normalized spacial score (nSPS) is 21.2. The summed E-state index contributed by atoms with van der Waals surface area (Å²) in [5, 5.41) is 6.95. The first kappa shape index (κ1) is 17.0. The van der Waals surface area contributed by atoms with Gasteiger partial charge in [0.1, 0.15) is 11.5 Å². The van der Waals surface area contributed by atoms with Gasteiger partial charge < -0.3 is 19.8 Å². The predicted octanol–water partition coefficient (Wildman–Crippen LogP) is 1.84. The smallest absolute Gasteiger partial charge is 0.191 e. The van der Waals surface area contributed by atoms with Crippen molar-refractivity contribution in [3.8, 4) is 0 Å². The molecule has 3 rings (SSSR count). The van der Waals surface area contributed by atoms with Gasteiger partial charge in [0.2, 0.25) is 0 Å². The molecule has 0 spiro atoms. The SMILES string of the molecule is CN=C(NCC(c1ccc(C)o1)N1CCOCC1)NC1CC=CC1. The van der Waals surface area contributed by atoms with Crippen molar-refractivity contribution in [3.63, 3.8) is 0 Å². The van der Waals surface area contributed by atoms with Gasteiger partial charge in [-0.25, -0.2) is 0 Å². The van der Waals surface area contributed by atoms with Crippen LogP contribution in [0.2, 0.25) is 0 Å². The van der Waals surface area contributed by atoms with Gasteiger partial charge in [-0.3, -0.25) is 9.89 Å². The number of rotatable bonds is 5. The third-order valence-electron chi connectivity index (χ3n) is 4.61. The number of furan rings is 1. The second-order valence-corrected chi connectivity index (χ2v) is 6.35. The van der Waals surface area contributed by atoms with E-state index in [-0.39, 0.29) is 6.04 Å². The van der Waals surface area contributed by atoms with Crippen LogP contribution in [0.1, 0.15) is 30.4 Å². The molecule has 2 heterocycles. The summed E-state index contributed by atoms with van der Waals surface area (Å²) in [6, 6.07) is 4.74. The molecule has 1 aliphatic carbocycles.